The van der Waals surface area contributed by atoms with Crippen LogP contribution >= 0.6 is 24.0 Å². The second kappa shape index (κ2) is 12.6. The van der Waals surface area contributed by atoms with Gasteiger partial charge in [-0.25, -0.2) is 4.79 Å². The van der Waals surface area contributed by atoms with Crippen molar-refractivity contribution in [2.24, 2.45) is 10.9 Å². The van der Waals surface area contributed by atoms with E-state index in [0.29, 0.717) is 13.1 Å². The predicted molar refractivity (Wildman–Crippen MR) is 116 cm³/mol. The lowest BCUT2D eigenvalue weighted by molar-refractivity contribution is 0.0279. The third kappa shape index (κ3) is 11.1. The van der Waals surface area contributed by atoms with Crippen LogP contribution in [-0.4, -0.2) is 68.5 Å². The summed E-state index contributed by atoms with van der Waals surface area (Å²) in [5.41, 5.74) is -0.475. The van der Waals surface area contributed by atoms with Crippen LogP contribution in [0.4, 0.5) is 4.79 Å². The van der Waals surface area contributed by atoms with Crippen molar-refractivity contribution < 1.29 is 14.3 Å². The summed E-state index contributed by atoms with van der Waals surface area (Å²) < 4.78 is 11.0. The minimum Gasteiger partial charge on any atom is -0.444 e. The van der Waals surface area contributed by atoms with Crippen molar-refractivity contribution >= 4 is 36.0 Å². The molecule has 1 heterocycles. The molecule has 26 heavy (non-hydrogen) atoms. The van der Waals surface area contributed by atoms with Crippen molar-refractivity contribution in [3.05, 3.63) is 0 Å². The van der Waals surface area contributed by atoms with Crippen LogP contribution in [0, 0.1) is 5.92 Å². The Bertz CT molecular complexity index is 435. The van der Waals surface area contributed by atoms with E-state index < -0.39 is 5.60 Å². The maximum Gasteiger partial charge on any atom is 0.410 e. The second-order valence-electron chi connectivity index (χ2n) is 7.70. The monoisotopic (exact) mass is 484 g/mol. The lowest BCUT2D eigenvalue weighted by Gasteiger charge is -2.26. The van der Waals surface area contributed by atoms with Crippen molar-refractivity contribution in [3.63, 3.8) is 0 Å². The standard InChI is InChI=1S/C18H36N4O3.HI/c1-7-19-16(21-12-15-9-8-10-24-15)20-11-14(2)13-22(6)17(23)25-18(3,4)5;/h14-15H,7-13H2,1-6H3,(H2,19,20,21);1H. The minimum atomic E-state index is -0.475. The fraction of sp³-hybridized carbons (Fsp3) is 0.889. The van der Waals surface area contributed by atoms with Gasteiger partial charge in [0.15, 0.2) is 5.96 Å². The molecule has 0 aliphatic carbocycles. The molecule has 1 saturated heterocycles. The molecule has 0 spiro atoms. The van der Waals surface area contributed by atoms with Gasteiger partial charge in [0.2, 0.25) is 0 Å². The van der Waals surface area contributed by atoms with Crippen LogP contribution in [0.1, 0.15) is 47.5 Å². The van der Waals surface area contributed by atoms with E-state index in [0.717, 1.165) is 38.5 Å². The number of halogens is 1. The van der Waals surface area contributed by atoms with Crippen LogP contribution in [0.3, 0.4) is 0 Å². The molecule has 1 fully saturated rings. The fourth-order valence-electron chi connectivity index (χ4n) is 2.54. The minimum absolute atomic E-state index is 0. The van der Waals surface area contributed by atoms with Gasteiger partial charge in [0, 0.05) is 39.8 Å². The lowest BCUT2D eigenvalue weighted by atomic mass is 10.2. The van der Waals surface area contributed by atoms with Crippen LogP contribution in [0.5, 0.6) is 0 Å². The van der Waals surface area contributed by atoms with E-state index in [1.165, 1.54) is 0 Å². The highest BCUT2D eigenvalue weighted by Crippen LogP contribution is 2.11. The maximum atomic E-state index is 12.0. The van der Waals surface area contributed by atoms with Crippen LogP contribution < -0.4 is 10.6 Å². The summed E-state index contributed by atoms with van der Waals surface area (Å²) in [6.45, 7) is 13.4. The number of amides is 1. The molecule has 1 aliphatic rings. The lowest BCUT2D eigenvalue weighted by Crippen LogP contribution is -2.41. The number of carbonyl (C=O) groups excluding carboxylic acids is 1. The zero-order chi connectivity index (χ0) is 18.9. The smallest absolute Gasteiger partial charge is 0.410 e. The van der Waals surface area contributed by atoms with E-state index in [-0.39, 0.29) is 42.1 Å². The Morgan fingerprint density at radius 3 is 2.62 bits per heavy atom. The Labute approximate surface area is 175 Å². The molecule has 1 rings (SSSR count). The third-order valence-corrected chi connectivity index (χ3v) is 3.72. The van der Waals surface area contributed by atoms with E-state index in [4.69, 9.17) is 9.47 Å². The highest BCUT2D eigenvalue weighted by atomic mass is 127. The van der Waals surface area contributed by atoms with Crippen LogP contribution in [0.15, 0.2) is 4.99 Å². The highest BCUT2D eigenvalue weighted by molar-refractivity contribution is 14.0. The van der Waals surface area contributed by atoms with E-state index in [1.54, 1.807) is 11.9 Å². The highest BCUT2D eigenvalue weighted by Gasteiger charge is 2.21. The fourth-order valence-corrected chi connectivity index (χ4v) is 2.54. The summed E-state index contributed by atoms with van der Waals surface area (Å²) in [5.74, 6) is 1.03. The topological polar surface area (TPSA) is 75.2 Å². The first kappa shape index (κ1) is 25.2. The van der Waals surface area contributed by atoms with Gasteiger partial charge in [-0.15, -0.1) is 24.0 Å². The van der Waals surface area contributed by atoms with Crippen molar-refractivity contribution in [2.75, 3.05) is 39.8 Å². The molecule has 2 unspecified atom stereocenters. The van der Waals surface area contributed by atoms with Gasteiger partial charge in [-0.05, 0) is 46.5 Å². The van der Waals surface area contributed by atoms with E-state index >= 15 is 0 Å². The molecular formula is C18H37IN4O3. The Morgan fingerprint density at radius 2 is 2.08 bits per heavy atom. The number of hydrogen-bond acceptors (Lipinski definition) is 4. The summed E-state index contributed by atoms with van der Waals surface area (Å²) in [6, 6.07) is 0. The van der Waals surface area contributed by atoms with Gasteiger partial charge >= 0.3 is 6.09 Å². The Hall–Kier alpha value is -0.770. The first-order valence-electron chi connectivity index (χ1n) is 9.29. The second-order valence-corrected chi connectivity index (χ2v) is 7.70. The molecule has 154 valence electrons. The normalized spacial score (nSPS) is 18.7. The van der Waals surface area contributed by atoms with Gasteiger partial charge in [0.05, 0.1) is 6.10 Å². The predicted octanol–water partition coefficient (Wildman–Crippen LogP) is 2.84. The van der Waals surface area contributed by atoms with Crippen LogP contribution in [0.2, 0.25) is 0 Å². The molecule has 0 radical (unpaired) electrons. The molecule has 2 atom stereocenters. The molecule has 8 heteroatoms. The number of ether oxygens (including phenoxy) is 2. The van der Waals surface area contributed by atoms with Gasteiger partial charge in [-0.2, -0.15) is 0 Å². The number of aliphatic imine (C=N–C) groups is 1. The number of hydrogen-bond donors (Lipinski definition) is 2. The summed E-state index contributed by atoms with van der Waals surface area (Å²) in [5, 5.41) is 6.58. The summed E-state index contributed by atoms with van der Waals surface area (Å²) >= 11 is 0. The van der Waals surface area contributed by atoms with Gasteiger partial charge in [0.25, 0.3) is 0 Å². The average molecular weight is 484 g/mol. The number of carbonyl (C=O) groups is 1. The molecule has 1 amide bonds. The SMILES string of the molecule is CCNC(=NCC(C)CN(C)C(=O)OC(C)(C)C)NCC1CCCO1.I. The van der Waals surface area contributed by atoms with E-state index in [2.05, 4.69) is 22.5 Å². The zero-order valence-corrected chi connectivity index (χ0v) is 19.5. The Balaban J connectivity index is 0.00000625. The van der Waals surface area contributed by atoms with Crippen molar-refractivity contribution in [1.82, 2.24) is 15.5 Å². The quantitative estimate of drug-likeness (QED) is 0.330. The molecule has 0 aromatic heterocycles. The van der Waals surface area contributed by atoms with Gasteiger partial charge < -0.3 is 25.0 Å². The molecule has 1 aliphatic heterocycles. The van der Waals surface area contributed by atoms with E-state index in [9.17, 15) is 4.79 Å². The first-order chi connectivity index (χ1) is 11.7. The van der Waals surface area contributed by atoms with Crippen LogP contribution in [-0.2, 0) is 9.47 Å². The third-order valence-electron chi connectivity index (χ3n) is 3.72. The Kier molecular flexibility index (Phi) is 12.2. The van der Waals surface area contributed by atoms with Crippen LogP contribution in [0.25, 0.3) is 0 Å². The molecule has 0 aromatic rings. The molecule has 7 nitrogen and oxygen atoms in total. The number of rotatable bonds is 7. The van der Waals surface area contributed by atoms with Crippen molar-refractivity contribution in [1.29, 1.82) is 0 Å². The first-order valence-corrected chi connectivity index (χ1v) is 9.29. The van der Waals surface area contributed by atoms with Crippen molar-refractivity contribution in [3.8, 4) is 0 Å². The van der Waals surface area contributed by atoms with E-state index in [1.807, 2.05) is 27.7 Å². The molecule has 0 saturated carbocycles. The van der Waals surface area contributed by atoms with Gasteiger partial charge in [-0.3, -0.25) is 4.99 Å². The van der Waals surface area contributed by atoms with Gasteiger partial charge in [0.1, 0.15) is 5.60 Å². The molecule has 0 bridgehead atoms. The molecular weight excluding hydrogens is 447 g/mol. The average Bonchev–Trinajstić information content (AvgIpc) is 3.01. The number of nitrogens with zero attached hydrogens (tertiary/aromatic N) is 2. The molecule has 0 aromatic carbocycles. The number of nitrogens with one attached hydrogen (secondary N) is 2. The maximum absolute atomic E-state index is 12.0. The van der Waals surface area contributed by atoms with Gasteiger partial charge in [-0.1, -0.05) is 6.92 Å². The summed E-state index contributed by atoms with van der Waals surface area (Å²) in [4.78, 5) is 18.2. The largest absolute Gasteiger partial charge is 0.444 e. The summed E-state index contributed by atoms with van der Waals surface area (Å²) in [7, 11) is 1.76. The Morgan fingerprint density at radius 1 is 1.38 bits per heavy atom. The van der Waals surface area contributed by atoms with Crippen molar-refractivity contribution in [2.45, 2.75) is 59.2 Å². The zero-order valence-electron chi connectivity index (χ0n) is 17.1. The molecule has 2 N–H and O–H groups in total. The number of guanidine groups is 1. The summed E-state index contributed by atoms with van der Waals surface area (Å²) in [6.07, 6.45) is 2.21.